The zero-order valence-electron chi connectivity index (χ0n) is 14.5. The Kier molecular flexibility index (Phi) is 6.17. The molecule has 2 rings (SSSR count). The van der Waals surface area contributed by atoms with Gasteiger partial charge in [-0.25, -0.2) is 4.39 Å². The van der Waals surface area contributed by atoms with Crippen LogP contribution in [0.1, 0.15) is 25.8 Å². The van der Waals surface area contributed by atoms with Gasteiger partial charge in [-0.3, -0.25) is 9.59 Å². The van der Waals surface area contributed by atoms with Crippen molar-refractivity contribution in [1.29, 1.82) is 0 Å². The second kappa shape index (κ2) is 8.13. The third kappa shape index (κ3) is 4.46. The van der Waals surface area contributed by atoms with Crippen molar-refractivity contribution in [2.24, 2.45) is 5.92 Å². The summed E-state index contributed by atoms with van der Waals surface area (Å²) in [6.45, 7) is 6.10. The van der Waals surface area contributed by atoms with Gasteiger partial charge in [-0.2, -0.15) is 0 Å². The third-order valence-corrected chi connectivity index (χ3v) is 4.24. The summed E-state index contributed by atoms with van der Waals surface area (Å²) >= 11 is 0. The number of carbonyl (C=O) groups excluding carboxylic acids is 2. The topological polar surface area (TPSA) is 49.9 Å². The Balaban J connectivity index is 2.01. The number of nitrogens with zero attached hydrogens (tertiary/aromatic N) is 2. The van der Waals surface area contributed by atoms with E-state index in [0.717, 1.165) is 6.42 Å². The van der Waals surface area contributed by atoms with Crippen LogP contribution in [0.15, 0.2) is 18.2 Å². The maximum atomic E-state index is 13.4. The Bertz CT molecular complexity index is 604. The summed E-state index contributed by atoms with van der Waals surface area (Å²) in [6, 6.07) is 4.18. The number of hydrogen-bond donors (Lipinski definition) is 0. The molecule has 2 amide bonds. The van der Waals surface area contributed by atoms with Gasteiger partial charge in [0.1, 0.15) is 11.6 Å². The third-order valence-electron chi connectivity index (χ3n) is 4.24. The van der Waals surface area contributed by atoms with Gasteiger partial charge in [-0.05, 0) is 24.6 Å². The van der Waals surface area contributed by atoms with E-state index in [1.54, 1.807) is 4.90 Å². The number of rotatable bonds is 4. The van der Waals surface area contributed by atoms with Crippen LogP contribution in [0.2, 0.25) is 0 Å². The quantitative estimate of drug-likeness (QED) is 0.846. The molecule has 1 aromatic rings. The molecule has 1 aliphatic heterocycles. The van der Waals surface area contributed by atoms with E-state index in [0.29, 0.717) is 37.5 Å². The molecule has 0 spiro atoms. The summed E-state index contributed by atoms with van der Waals surface area (Å²) in [6.07, 6.45) is 0.851. The predicted octanol–water partition coefficient (Wildman–Crippen LogP) is 2.09. The highest BCUT2D eigenvalue weighted by Crippen LogP contribution is 2.21. The molecule has 1 heterocycles. The number of ether oxygens (including phenoxy) is 1. The minimum atomic E-state index is -0.386. The molecule has 1 fully saturated rings. The summed E-state index contributed by atoms with van der Waals surface area (Å²) in [4.78, 5) is 28.2. The molecule has 1 saturated heterocycles. The lowest BCUT2D eigenvalue weighted by Gasteiger charge is -2.23. The predicted molar refractivity (Wildman–Crippen MR) is 89.3 cm³/mol. The average molecular weight is 336 g/mol. The molecular weight excluding hydrogens is 311 g/mol. The van der Waals surface area contributed by atoms with Crippen LogP contribution in [0.4, 0.5) is 4.39 Å². The highest BCUT2D eigenvalue weighted by atomic mass is 19.1. The zero-order chi connectivity index (χ0) is 17.7. The average Bonchev–Trinajstić information content (AvgIpc) is 2.80. The maximum Gasteiger partial charge on any atom is 0.227 e. The van der Waals surface area contributed by atoms with Gasteiger partial charge in [0, 0.05) is 37.7 Å². The summed E-state index contributed by atoms with van der Waals surface area (Å²) in [7, 11) is 1.50. The fourth-order valence-electron chi connectivity index (χ4n) is 2.91. The van der Waals surface area contributed by atoms with Gasteiger partial charge < -0.3 is 14.5 Å². The molecule has 0 N–H and O–H groups in total. The van der Waals surface area contributed by atoms with Gasteiger partial charge in [-0.15, -0.1) is 0 Å². The van der Waals surface area contributed by atoms with Gasteiger partial charge in [0.15, 0.2) is 0 Å². The van der Waals surface area contributed by atoms with Crippen molar-refractivity contribution < 1.29 is 18.7 Å². The van der Waals surface area contributed by atoms with Gasteiger partial charge in [0.25, 0.3) is 0 Å². The fourth-order valence-corrected chi connectivity index (χ4v) is 2.91. The summed E-state index contributed by atoms with van der Waals surface area (Å²) < 4.78 is 18.6. The molecule has 5 nitrogen and oxygen atoms in total. The Morgan fingerprint density at radius 1 is 1.17 bits per heavy atom. The molecule has 24 heavy (non-hydrogen) atoms. The number of halogens is 1. The fraction of sp³-hybridized carbons (Fsp3) is 0.556. The highest BCUT2D eigenvalue weighted by molar-refractivity contribution is 5.80. The first-order valence-electron chi connectivity index (χ1n) is 8.31. The summed E-state index contributed by atoms with van der Waals surface area (Å²) in [5.74, 6) is 0.136. The van der Waals surface area contributed by atoms with Crippen molar-refractivity contribution in [1.82, 2.24) is 9.80 Å². The molecule has 0 bridgehead atoms. The van der Waals surface area contributed by atoms with E-state index >= 15 is 0 Å². The molecule has 6 heteroatoms. The lowest BCUT2D eigenvalue weighted by atomic mass is 10.1. The minimum absolute atomic E-state index is 0.0381. The smallest absolute Gasteiger partial charge is 0.227 e. The highest BCUT2D eigenvalue weighted by Gasteiger charge is 2.24. The van der Waals surface area contributed by atoms with E-state index in [2.05, 4.69) is 0 Å². The van der Waals surface area contributed by atoms with E-state index in [1.807, 2.05) is 18.7 Å². The SMILES string of the molecule is COc1ccc(F)cc1CC(=O)N1CCCN(C(=O)C(C)C)CC1. The van der Waals surface area contributed by atoms with Crippen LogP contribution in [0, 0.1) is 11.7 Å². The van der Waals surface area contributed by atoms with Crippen molar-refractivity contribution >= 4 is 11.8 Å². The van der Waals surface area contributed by atoms with Crippen molar-refractivity contribution in [3.8, 4) is 5.75 Å². The first-order valence-corrected chi connectivity index (χ1v) is 8.31. The van der Waals surface area contributed by atoms with Crippen LogP contribution in [0.3, 0.4) is 0 Å². The molecule has 0 unspecified atom stereocenters. The molecule has 0 atom stereocenters. The first kappa shape index (κ1) is 18.2. The number of hydrogen-bond acceptors (Lipinski definition) is 3. The number of carbonyl (C=O) groups is 2. The van der Waals surface area contributed by atoms with E-state index in [-0.39, 0.29) is 30.0 Å². The van der Waals surface area contributed by atoms with Gasteiger partial charge in [-0.1, -0.05) is 13.8 Å². The Morgan fingerprint density at radius 3 is 2.50 bits per heavy atom. The van der Waals surface area contributed by atoms with Gasteiger partial charge in [0.2, 0.25) is 11.8 Å². The van der Waals surface area contributed by atoms with Gasteiger partial charge >= 0.3 is 0 Å². The number of amides is 2. The largest absolute Gasteiger partial charge is 0.496 e. The molecule has 0 aromatic heterocycles. The second-order valence-corrected chi connectivity index (χ2v) is 6.35. The van der Waals surface area contributed by atoms with Crippen LogP contribution in [-0.2, 0) is 16.0 Å². The summed E-state index contributed by atoms with van der Waals surface area (Å²) in [5.41, 5.74) is 0.543. The molecule has 0 radical (unpaired) electrons. The molecule has 0 aliphatic carbocycles. The monoisotopic (exact) mass is 336 g/mol. The molecule has 132 valence electrons. The second-order valence-electron chi connectivity index (χ2n) is 6.35. The van der Waals surface area contributed by atoms with Crippen molar-refractivity contribution in [3.05, 3.63) is 29.6 Å². The molecular formula is C18H25FN2O3. The van der Waals surface area contributed by atoms with Crippen molar-refractivity contribution in [2.75, 3.05) is 33.3 Å². The standard InChI is InChI=1S/C18H25FN2O3/c1-13(2)18(23)21-8-4-7-20(9-10-21)17(22)12-14-11-15(19)5-6-16(14)24-3/h5-6,11,13H,4,7-10,12H2,1-3H3. The van der Waals surface area contributed by atoms with E-state index < -0.39 is 0 Å². The van der Waals surface area contributed by atoms with Crippen molar-refractivity contribution in [2.45, 2.75) is 26.7 Å². The van der Waals surface area contributed by atoms with E-state index in [1.165, 1.54) is 25.3 Å². The molecule has 0 saturated carbocycles. The van der Waals surface area contributed by atoms with E-state index in [9.17, 15) is 14.0 Å². The Morgan fingerprint density at radius 2 is 1.83 bits per heavy atom. The molecule has 1 aromatic carbocycles. The zero-order valence-corrected chi connectivity index (χ0v) is 14.5. The number of benzene rings is 1. The van der Waals surface area contributed by atoms with Crippen LogP contribution >= 0.6 is 0 Å². The number of methoxy groups -OCH3 is 1. The summed E-state index contributed by atoms with van der Waals surface area (Å²) in [5, 5.41) is 0. The van der Waals surface area contributed by atoms with Gasteiger partial charge in [0.05, 0.1) is 13.5 Å². The lowest BCUT2D eigenvalue weighted by molar-refractivity contribution is -0.135. The Labute approximate surface area is 142 Å². The normalized spacial score (nSPS) is 15.4. The molecule has 1 aliphatic rings. The van der Waals surface area contributed by atoms with Crippen LogP contribution in [0.25, 0.3) is 0 Å². The van der Waals surface area contributed by atoms with E-state index in [4.69, 9.17) is 4.74 Å². The van der Waals surface area contributed by atoms with Crippen LogP contribution in [0.5, 0.6) is 5.75 Å². The van der Waals surface area contributed by atoms with Crippen LogP contribution in [-0.4, -0.2) is 54.9 Å². The minimum Gasteiger partial charge on any atom is -0.496 e. The maximum absolute atomic E-state index is 13.4. The van der Waals surface area contributed by atoms with Crippen LogP contribution < -0.4 is 4.74 Å². The lowest BCUT2D eigenvalue weighted by Crippen LogP contribution is -2.39. The first-order chi connectivity index (χ1) is 11.4. The van der Waals surface area contributed by atoms with Crippen molar-refractivity contribution in [3.63, 3.8) is 0 Å². The Hall–Kier alpha value is -2.11.